The Bertz CT molecular complexity index is 366. The molecule has 1 saturated carbocycles. The quantitative estimate of drug-likeness (QED) is 0.862. The smallest absolute Gasteiger partial charge is 0.0270 e. The second-order valence-corrected chi connectivity index (χ2v) is 6.30. The van der Waals surface area contributed by atoms with Gasteiger partial charge in [-0.2, -0.15) is 0 Å². The van der Waals surface area contributed by atoms with E-state index in [1.54, 1.807) is 0 Å². The molecule has 0 saturated heterocycles. The van der Waals surface area contributed by atoms with Gasteiger partial charge in [-0.1, -0.05) is 13.3 Å². The summed E-state index contributed by atoms with van der Waals surface area (Å²) in [5.74, 6) is 0.833. The van der Waals surface area contributed by atoms with Crippen LogP contribution in [-0.4, -0.2) is 17.1 Å². The normalized spacial score (nSPS) is 28.1. The average Bonchev–Trinajstić information content (AvgIpc) is 3.02. The molecule has 2 unspecified atom stereocenters. The van der Waals surface area contributed by atoms with Crippen molar-refractivity contribution in [3.8, 4) is 0 Å². The highest BCUT2D eigenvalue weighted by Crippen LogP contribution is 2.55. The molecule has 1 aliphatic carbocycles. The number of hydrogen-bond donors (Lipinski definition) is 1. The molecule has 0 spiro atoms. The fraction of sp³-hybridized carbons (Fsp3) is 0.667. The van der Waals surface area contributed by atoms with Gasteiger partial charge in [-0.3, -0.25) is 4.98 Å². The summed E-state index contributed by atoms with van der Waals surface area (Å²) in [7, 11) is 0. The molecule has 0 radical (unpaired) electrons. The Kier molecular flexibility index (Phi) is 3.26. The van der Waals surface area contributed by atoms with Crippen molar-refractivity contribution in [1.29, 1.82) is 0 Å². The van der Waals surface area contributed by atoms with Gasteiger partial charge in [-0.05, 0) is 50.8 Å². The number of aromatic nitrogens is 1. The van der Waals surface area contributed by atoms with Gasteiger partial charge in [0, 0.05) is 29.9 Å². The Hall–Kier alpha value is -0.890. The molecule has 94 valence electrons. The van der Waals surface area contributed by atoms with Crippen LogP contribution < -0.4 is 5.32 Å². The van der Waals surface area contributed by atoms with Crippen LogP contribution in [0.15, 0.2) is 24.5 Å². The van der Waals surface area contributed by atoms with Crippen LogP contribution in [0.3, 0.4) is 0 Å². The molecule has 1 aliphatic rings. The zero-order valence-electron chi connectivity index (χ0n) is 11.5. The fourth-order valence-corrected chi connectivity index (χ4v) is 2.69. The van der Waals surface area contributed by atoms with Crippen LogP contribution in [0.5, 0.6) is 0 Å². The van der Waals surface area contributed by atoms with E-state index in [0.29, 0.717) is 5.41 Å². The first kappa shape index (κ1) is 12.6. The van der Waals surface area contributed by atoms with Gasteiger partial charge in [-0.15, -0.1) is 0 Å². The Morgan fingerprint density at radius 2 is 2.00 bits per heavy atom. The molecule has 0 bridgehead atoms. The first-order valence-corrected chi connectivity index (χ1v) is 6.63. The minimum atomic E-state index is 0.195. The molecule has 2 nitrogen and oxygen atoms in total. The summed E-state index contributed by atoms with van der Waals surface area (Å²) < 4.78 is 0. The summed E-state index contributed by atoms with van der Waals surface area (Å²) in [6.45, 7) is 10.1. The van der Waals surface area contributed by atoms with Crippen LogP contribution in [0.25, 0.3) is 0 Å². The molecular weight excluding hydrogens is 208 g/mol. The lowest BCUT2D eigenvalue weighted by Gasteiger charge is -2.26. The number of rotatable bonds is 4. The minimum Gasteiger partial charge on any atom is -0.311 e. The molecule has 17 heavy (non-hydrogen) atoms. The molecule has 0 aromatic carbocycles. The Labute approximate surface area is 105 Å². The van der Waals surface area contributed by atoms with Gasteiger partial charge in [-0.25, -0.2) is 0 Å². The maximum Gasteiger partial charge on any atom is 0.0270 e. The standard InChI is InChI=1S/C15H24N2/c1-5-12-10-15(12,11-17-14(2,3)4)13-6-8-16-9-7-13/h6-9,12,17H,5,10-11H2,1-4H3. The van der Waals surface area contributed by atoms with E-state index in [1.807, 2.05) is 12.4 Å². The van der Waals surface area contributed by atoms with Crippen LogP contribution in [0.1, 0.15) is 46.1 Å². The van der Waals surface area contributed by atoms with Crippen molar-refractivity contribution in [1.82, 2.24) is 10.3 Å². The molecule has 1 aromatic rings. The third-order valence-electron chi connectivity index (χ3n) is 3.91. The second-order valence-electron chi connectivity index (χ2n) is 6.30. The van der Waals surface area contributed by atoms with Crippen LogP contribution in [0.2, 0.25) is 0 Å². The lowest BCUT2D eigenvalue weighted by atomic mass is 9.92. The van der Waals surface area contributed by atoms with Crippen molar-refractivity contribution in [3.63, 3.8) is 0 Å². The molecule has 1 heterocycles. The Balaban J connectivity index is 2.13. The highest BCUT2D eigenvalue weighted by Gasteiger charge is 2.53. The zero-order chi connectivity index (χ0) is 12.5. The van der Waals surface area contributed by atoms with Crippen molar-refractivity contribution in [2.45, 2.75) is 51.5 Å². The predicted molar refractivity (Wildman–Crippen MR) is 72.1 cm³/mol. The summed E-state index contributed by atoms with van der Waals surface area (Å²) in [4.78, 5) is 4.13. The predicted octanol–water partition coefficient (Wildman–Crippen LogP) is 3.14. The van der Waals surface area contributed by atoms with Crippen LogP contribution in [0.4, 0.5) is 0 Å². The summed E-state index contributed by atoms with van der Waals surface area (Å²) in [6, 6.07) is 4.36. The SMILES string of the molecule is CCC1CC1(CNC(C)(C)C)c1ccncc1. The fourth-order valence-electron chi connectivity index (χ4n) is 2.69. The van der Waals surface area contributed by atoms with Gasteiger partial charge in [0.05, 0.1) is 0 Å². The second kappa shape index (κ2) is 4.41. The lowest BCUT2D eigenvalue weighted by Crippen LogP contribution is -2.41. The van der Waals surface area contributed by atoms with E-state index in [-0.39, 0.29) is 5.54 Å². The van der Waals surface area contributed by atoms with Crippen molar-refractivity contribution >= 4 is 0 Å². The van der Waals surface area contributed by atoms with Gasteiger partial charge in [0.2, 0.25) is 0 Å². The topological polar surface area (TPSA) is 24.9 Å². The van der Waals surface area contributed by atoms with Gasteiger partial charge >= 0.3 is 0 Å². The highest BCUT2D eigenvalue weighted by molar-refractivity contribution is 5.33. The van der Waals surface area contributed by atoms with E-state index in [0.717, 1.165) is 12.5 Å². The molecule has 1 N–H and O–H groups in total. The van der Waals surface area contributed by atoms with Crippen molar-refractivity contribution < 1.29 is 0 Å². The van der Waals surface area contributed by atoms with Crippen LogP contribution >= 0.6 is 0 Å². The molecule has 0 aliphatic heterocycles. The van der Waals surface area contributed by atoms with Crippen LogP contribution in [-0.2, 0) is 5.41 Å². The largest absolute Gasteiger partial charge is 0.311 e. The van der Waals surface area contributed by atoms with Gasteiger partial charge < -0.3 is 5.32 Å². The summed E-state index contributed by atoms with van der Waals surface area (Å²) >= 11 is 0. The van der Waals surface area contributed by atoms with E-state index >= 15 is 0 Å². The van der Waals surface area contributed by atoms with E-state index < -0.39 is 0 Å². The molecular formula is C15H24N2. The van der Waals surface area contributed by atoms with Crippen molar-refractivity contribution in [2.24, 2.45) is 5.92 Å². The van der Waals surface area contributed by atoms with Crippen LogP contribution in [0, 0.1) is 5.92 Å². The summed E-state index contributed by atoms with van der Waals surface area (Å²) in [5, 5.41) is 3.67. The number of pyridine rings is 1. The summed E-state index contributed by atoms with van der Waals surface area (Å²) in [5.41, 5.74) is 2.02. The lowest BCUT2D eigenvalue weighted by molar-refractivity contribution is 0.388. The highest BCUT2D eigenvalue weighted by atomic mass is 15.0. The average molecular weight is 232 g/mol. The molecule has 1 aromatic heterocycles. The Morgan fingerprint density at radius 3 is 2.47 bits per heavy atom. The molecule has 0 amide bonds. The molecule has 2 heteroatoms. The van der Waals surface area contributed by atoms with Gasteiger partial charge in [0.15, 0.2) is 0 Å². The van der Waals surface area contributed by atoms with E-state index in [9.17, 15) is 0 Å². The number of nitrogens with one attached hydrogen (secondary N) is 1. The van der Waals surface area contributed by atoms with E-state index in [1.165, 1.54) is 18.4 Å². The first-order chi connectivity index (χ1) is 7.98. The monoisotopic (exact) mass is 232 g/mol. The van der Waals surface area contributed by atoms with E-state index in [4.69, 9.17) is 0 Å². The van der Waals surface area contributed by atoms with Crippen molar-refractivity contribution in [2.75, 3.05) is 6.54 Å². The maximum absolute atomic E-state index is 4.13. The third kappa shape index (κ3) is 2.68. The minimum absolute atomic E-state index is 0.195. The zero-order valence-corrected chi connectivity index (χ0v) is 11.5. The Morgan fingerprint density at radius 1 is 1.35 bits per heavy atom. The first-order valence-electron chi connectivity index (χ1n) is 6.63. The molecule has 2 atom stereocenters. The number of hydrogen-bond acceptors (Lipinski definition) is 2. The molecule has 2 rings (SSSR count). The van der Waals surface area contributed by atoms with Gasteiger partial charge in [0.1, 0.15) is 0 Å². The summed E-state index contributed by atoms with van der Waals surface area (Å²) in [6.07, 6.45) is 6.42. The van der Waals surface area contributed by atoms with Gasteiger partial charge in [0.25, 0.3) is 0 Å². The van der Waals surface area contributed by atoms with Crippen molar-refractivity contribution in [3.05, 3.63) is 30.1 Å². The molecule has 1 fully saturated rings. The number of nitrogens with zero attached hydrogens (tertiary/aromatic N) is 1. The van der Waals surface area contributed by atoms with E-state index in [2.05, 4.69) is 50.1 Å². The third-order valence-corrected chi connectivity index (χ3v) is 3.91. The maximum atomic E-state index is 4.13.